The number of nitrogens with one attached hydrogen (secondary N) is 3. The van der Waals surface area contributed by atoms with Crippen molar-refractivity contribution in [3.05, 3.63) is 95.3 Å². The van der Waals surface area contributed by atoms with Crippen molar-refractivity contribution in [1.29, 1.82) is 0 Å². The number of carbonyl (C=O) groups excluding carboxylic acids is 1. The van der Waals surface area contributed by atoms with E-state index in [4.69, 9.17) is 5.73 Å². The molecule has 2 aromatic carbocycles. The van der Waals surface area contributed by atoms with Crippen molar-refractivity contribution in [2.75, 3.05) is 10.6 Å². The molecule has 2 heterocycles. The number of nitrogens with zero attached hydrogens (tertiary/aromatic N) is 3. The molecule has 0 saturated heterocycles. The van der Waals surface area contributed by atoms with Gasteiger partial charge in [-0.2, -0.15) is 13.2 Å². The maximum atomic E-state index is 14.7. The van der Waals surface area contributed by atoms with Gasteiger partial charge in [0.1, 0.15) is 11.6 Å². The Hall–Kier alpha value is -4.74. The van der Waals surface area contributed by atoms with Gasteiger partial charge in [0.25, 0.3) is 5.91 Å². The van der Waals surface area contributed by atoms with Gasteiger partial charge in [0.05, 0.1) is 29.6 Å². The van der Waals surface area contributed by atoms with E-state index in [1.165, 1.54) is 30.7 Å². The average Bonchev–Trinajstić information content (AvgIpc) is 3.34. The molecular formula is C25H21F4N7O. The van der Waals surface area contributed by atoms with Gasteiger partial charge in [-0.1, -0.05) is 19.1 Å². The van der Waals surface area contributed by atoms with Crippen LogP contribution in [-0.4, -0.2) is 27.2 Å². The van der Waals surface area contributed by atoms with Crippen LogP contribution in [0.15, 0.2) is 72.1 Å². The van der Waals surface area contributed by atoms with E-state index in [1.807, 2.05) is 6.92 Å². The predicted octanol–water partition coefficient (Wildman–Crippen LogP) is 5.73. The minimum Gasteiger partial charge on any atom is -0.390 e. The zero-order valence-electron chi connectivity index (χ0n) is 19.3. The number of nitrogens with two attached hydrogens (primary N) is 1. The van der Waals surface area contributed by atoms with E-state index in [9.17, 15) is 22.4 Å². The molecule has 5 N–H and O–H groups in total. The summed E-state index contributed by atoms with van der Waals surface area (Å²) in [5.74, 6) is -0.952. The second-order valence-electron chi connectivity index (χ2n) is 7.93. The number of imidazole rings is 1. The molecule has 4 aromatic rings. The Balaban J connectivity index is 1.58. The summed E-state index contributed by atoms with van der Waals surface area (Å²) in [4.78, 5) is 28.1. The number of alkyl halides is 3. The van der Waals surface area contributed by atoms with Gasteiger partial charge >= 0.3 is 6.18 Å². The van der Waals surface area contributed by atoms with E-state index in [1.54, 1.807) is 12.1 Å². The lowest BCUT2D eigenvalue weighted by Gasteiger charge is -2.17. The fourth-order valence-electron chi connectivity index (χ4n) is 3.68. The third-order valence-electron chi connectivity index (χ3n) is 5.51. The van der Waals surface area contributed by atoms with Crippen LogP contribution in [0.4, 0.5) is 40.6 Å². The third kappa shape index (κ3) is 5.74. The summed E-state index contributed by atoms with van der Waals surface area (Å²) in [5.41, 5.74) is 5.79. The third-order valence-corrected chi connectivity index (χ3v) is 5.51. The van der Waals surface area contributed by atoms with Crippen molar-refractivity contribution >= 4 is 35.3 Å². The maximum Gasteiger partial charge on any atom is 0.416 e. The van der Waals surface area contributed by atoms with Crippen LogP contribution in [0.2, 0.25) is 0 Å². The van der Waals surface area contributed by atoms with Crippen molar-refractivity contribution < 1.29 is 22.4 Å². The molecular weight excluding hydrogens is 490 g/mol. The lowest BCUT2D eigenvalue weighted by Crippen LogP contribution is -2.14. The van der Waals surface area contributed by atoms with Crippen LogP contribution in [0.3, 0.4) is 0 Å². The van der Waals surface area contributed by atoms with Crippen molar-refractivity contribution in [3.63, 3.8) is 0 Å². The molecule has 1 unspecified atom stereocenters. The molecule has 0 bridgehead atoms. The summed E-state index contributed by atoms with van der Waals surface area (Å²) in [7, 11) is 0. The Bertz CT molecular complexity index is 1450. The molecule has 1 atom stereocenters. The Morgan fingerprint density at radius 2 is 1.95 bits per heavy atom. The Morgan fingerprint density at radius 3 is 2.70 bits per heavy atom. The number of pyridine rings is 1. The molecule has 0 aliphatic carbocycles. The molecule has 0 fully saturated rings. The highest BCUT2D eigenvalue weighted by Gasteiger charge is 2.31. The van der Waals surface area contributed by atoms with Crippen LogP contribution in [-0.2, 0) is 6.18 Å². The molecule has 2 aromatic heterocycles. The number of aromatic nitrogens is 3. The number of rotatable bonds is 7. The molecule has 0 saturated carbocycles. The highest BCUT2D eigenvalue weighted by molar-refractivity contribution is 6.04. The molecule has 0 radical (unpaired) electrons. The standard InChI is InChI=1S/C25H21F4N7O/c1-14(21-23(32-12-30)34-13-33-21)18-6-3-9-31-22(18)36-20-11-17(7-8-19(20)26)35-24(37)15-4-2-5-16(10-15)25(27,28)29/h2-14H,1H3,(H2,30,32)(H,31,36)(H,33,34)(H,35,37). The van der Waals surface area contributed by atoms with Crippen LogP contribution in [0.5, 0.6) is 0 Å². The molecule has 4 rings (SSSR count). The summed E-state index contributed by atoms with van der Waals surface area (Å²) in [6, 6.07) is 11.3. The minimum atomic E-state index is -4.59. The monoisotopic (exact) mass is 511 g/mol. The molecule has 8 nitrogen and oxygen atoms in total. The number of hydrogen-bond donors (Lipinski definition) is 4. The number of H-pyrrole nitrogens is 1. The van der Waals surface area contributed by atoms with Gasteiger partial charge < -0.3 is 21.4 Å². The van der Waals surface area contributed by atoms with Gasteiger partial charge in [0.15, 0.2) is 5.82 Å². The molecule has 37 heavy (non-hydrogen) atoms. The quantitative estimate of drug-likeness (QED) is 0.143. The van der Waals surface area contributed by atoms with E-state index >= 15 is 0 Å². The van der Waals surface area contributed by atoms with E-state index in [0.717, 1.165) is 30.6 Å². The van der Waals surface area contributed by atoms with Crippen LogP contribution in [0.25, 0.3) is 0 Å². The number of anilines is 3. The summed E-state index contributed by atoms with van der Waals surface area (Å²) >= 11 is 0. The minimum absolute atomic E-state index is 0.00111. The first-order chi connectivity index (χ1) is 17.7. The molecule has 0 aliphatic rings. The molecule has 0 aliphatic heterocycles. The van der Waals surface area contributed by atoms with Crippen molar-refractivity contribution in [2.45, 2.75) is 19.0 Å². The summed E-state index contributed by atoms with van der Waals surface area (Å²) in [6.45, 7) is 1.88. The predicted molar refractivity (Wildman–Crippen MR) is 132 cm³/mol. The highest BCUT2D eigenvalue weighted by atomic mass is 19.4. The largest absolute Gasteiger partial charge is 0.416 e. The molecule has 0 spiro atoms. The van der Waals surface area contributed by atoms with Gasteiger partial charge in [-0.25, -0.2) is 19.4 Å². The van der Waals surface area contributed by atoms with Crippen molar-refractivity contribution in [1.82, 2.24) is 15.0 Å². The zero-order valence-corrected chi connectivity index (χ0v) is 19.3. The normalized spacial score (nSPS) is 12.5. The topological polar surface area (TPSA) is 121 Å². The summed E-state index contributed by atoms with van der Waals surface area (Å²) < 4.78 is 53.7. The van der Waals surface area contributed by atoms with Gasteiger partial charge in [-0.05, 0) is 42.5 Å². The van der Waals surface area contributed by atoms with Gasteiger partial charge in [-0.15, -0.1) is 0 Å². The fourth-order valence-corrected chi connectivity index (χ4v) is 3.68. The van der Waals surface area contributed by atoms with Gasteiger partial charge in [0, 0.05) is 28.9 Å². The number of aliphatic imine (C=N–C) groups is 1. The second-order valence-corrected chi connectivity index (χ2v) is 7.93. The number of halogens is 4. The van der Waals surface area contributed by atoms with Crippen LogP contribution in [0.1, 0.15) is 40.0 Å². The number of aromatic amines is 1. The van der Waals surface area contributed by atoms with E-state index in [2.05, 4.69) is 30.6 Å². The number of carbonyl (C=O) groups is 1. The van der Waals surface area contributed by atoms with Gasteiger partial charge in [-0.3, -0.25) is 4.79 Å². The Morgan fingerprint density at radius 1 is 1.14 bits per heavy atom. The van der Waals surface area contributed by atoms with E-state index < -0.39 is 23.5 Å². The molecule has 12 heteroatoms. The zero-order chi connectivity index (χ0) is 26.6. The summed E-state index contributed by atoms with van der Waals surface area (Å²) in [6.07, 6.45) is -0.451. The smallest absolute Gasteiger partial charge is 0.390 e. The number of amides is 1. The van der Waals surface area contributed by atoms with Crippen LogP contribution < -0.4 is 16.4 Å². The first-order valence-electron chi connectivity index (χ1n) is 10.9. The SMILES string of the molecule is CC(c1cccnc1Nc1cc(NC(=O)c2cccc(C(F)(F)F)c2)ccc1F)c1[nH]cnc1/N=C\N. The average molecular weight is 511 g/mol. The van der Waals surface area contributed by atoms with E-state index in [-0.39, 0.29) is 22.9 Å². The Labute approximate surface area is 208 Å². The fraction of sp³-hybridized carbons (Fsp3) is 0.120. The van der Waals surface area contributed by atoms with Crippen molar-refractivity contribution in [3.8, 4) is 0 Å². The maximum absolute atomic E-state index is 14.7. The van der Waals surface area contributed by atoms with Crippen molar-refractivity contribution in [2.24, 2.45) is 10.7 Å². The van der Waals surface area contributed by atoms with E-state index in [0.29, 0.717) is 22.9 Å². The highest BCUT2D eigenvalue weighted by Crippen LogP contribution is 2.34. The number of hydrogen-bond acceptors (Lipinski definition) is 5. The first-order valence-corrected chi connectivity index (χ1v) is 10.9. The lowest BCUT2D eigenvalue weighted by atomic mass is 9.98. The second kappa shape index (κ2) is 10.5. The Kier molecular flexibility index (Phi) is 7.18. The van der Waals surface area contributed by atoms with Gasteiger partial charge in [0.2, 0.25) is 0 Å². The molecule has 1 amide bonds. The summed E-state index contributed by atoms with van der Waals surface area (Å²) in [5, 5.41) is 5.43. The lowest BCUT2D eigenvalue weighted by molar-refractivity contribution is -0.137. The first kappa shape index (κ1) is 25.4. The molecule has 190 valence electrons. The van der Waals surface area contributed by atoms with Crippen LogP contribution >= 0.6 is 0 Å². The van der Waals surface area contributed by atoms with Crippen LogP contribution in [0, 0.1) is 5.82 Å². The number of benzene rings is 2.